The molecule has 0 unspecified atom stereocenters. The van der Waals surface area contributed by atoms with Crippen LogP contribution < -0.4 is 5.32 Å². The molecule has 1 heterocycles. The molecule has 2 N–H and O–H groups in total. The topological polar surface area (TPSA) is 50.1 Å². The van der Waals surface area contributed by atoms with Gasteiger partial charge in [0, 0.05) is 31.4 Å². The summed E-state index contributed by atoms with van der Waals surface area (Å²) in [5.74, 6) is 0. The van der Waals surface area contributed by atoms with Crippen molar-refractivity contribution in [3.8, 4) is 0 Å². The van der Waals surface area contributed by atoms with Gasteiger partial charge in [0.25, 0.3) is 0 Å². The van der Waals surface area contributed by atoms with Crippen LogP contribution in [0.1, 0.15) is 49.8 Å². The summed E-state index contributed by atoms with van der Waals surface area (Å²) in [5, 5.41) is 18.1. The Morgan fingerprint density at radius 2 is 2.00 bits per heavy atom. The summed E-state index contributed by atoms with van der Waals surface area (Å²) in [6.07, 6.45) is 8.62. The van der Waals surface area contributed by atoms with Crippen LogP contribution in [0.3, 0.4) is 0 Å². The lowest BCUT2D eigenvalue weighted by atomic mass is 9.94. The van der Waals surface area contributed by atoms with Crippen LogP contribution in [0, 0.1) is 6.92 Å². The molecule has 4 nitrogen and oxygen atoms in total. The quantitative estimate of drug-likeness (QED) is 0.804. The molecule has 0 aromatic carbocycles. The zero-order chi connectivity index (χ0) is 13.0. The first-order chi connectivity index (χ1) is 8.61. The highest BCUT2D eigenvalue weighted by Gasteiger charge is 2.27. The molecule has 0 radical (unpaired) electrons. The van der Waals surface area contributed by atoms with Crippen LogP contribution in [0.2, 0.25) is 0 Å². The predicted octanol–water partition coefficient (Wildman–Crippen LogP) is 1.90. The van der Waals surface area contributed by atoms with Crippen molar-refractivity contribution in [1.82, 2.24) is 15.1 Å². The third-order valence-electron chi connectivity index (χ3n) is 4.14. The summed E-state index contributed by atoms with van der Waals surface area (Å²) in [4.78, 5) is 0. The molecule has 0 spiro atoms. The Balaban J connectivity index is 1.82. The monoisotopic (exact) mass is 251 g/mol. The molecule has 0 amide bonds. The Hall–Kier alpha value is -0.870. The summed E-state index contributed by atoms with van der Waals surface area (Å²) < 4.78 is 1.89. The molecule has 1 aliphatic rings. The van der Waals surface area contributed by atoms with Crippen molar-refractivity contribution in [3.63, 3.8) is 0 Å². The maximum atomic E-state index is 10.5. The number of nitrogens with zero attached hydrogens (tertiary/aromatic N) is 2. The first kappa shape index (κ1) is 13.6. The van der Waals surface area contributed by atoms with Gasteiger partial charge in [0.2, 0.25) is 0 Å². The van der Waals surface area contributed by atoms with Gasteiger partial charge in [-0.2, -0.15) is 5.10 Å². The summed E-state index contributed by atoms with van der Waals surface area (Å²) in [5.41, 5.74) is 1.91. The molecule has 1 saturated carbocycles. The molecule has 0 bridgehead atoms. The molecule has 0 saturated heterocycles. The van der Waals surface area contributed by atoms with Crippen molar-refractivity contribution in [2.24, 2.45) is 7.05 Å². The van der Waals surface area contributed by atoms with E-state index in [1.165, 1.54) is 24.1 Å². The maximum absolute atomic E-state index is 10.5. The predicted molar refractivity (Wildman–Crippen MR) is 72.3 cm³/mol. The van der Waals surface area contributed by atoms with Crippen LogP contribution in [0.15, 0.2) is 6.20 Å². The van der Waals surface area contributed by atoms with Crippen molar-refractivity contribution >= 4 is 0 Å². The number of hydrogen-bond donors (Lipinski definition) is 2. The van der Waals surface area contributed by atoms with Gasteiger partial charge in [0.15, 0.2) is 0 Å². The standard InChI is InChI=1S/C14H25N3O/c1-12-13(10-16-17(12)2)9-15-11-14(18)7-5-3-4-6-8-14/h10,15,18H,3-9,11H2,1-2H3. The Bertz CT molecular complexity index is 378. The van der Waals surface area contributed by atoms with E-state index < -0.39 is 5.60 Å². The zero-order valence-electron chi connectivity index (χ0n) is 11.6. The Morgan fingerprint density at radius 1 is 1.33 bits per heavy atom. The maximum Gasteiger partial charge on any atom is 0.0771 e. The Kier molecular flexibility index (Phi) is 4.40. The second-order valence-corrected chi connectivity index (χ2v) is 5.62. The van der Waals surface area contributed by atoms with Gasteiger partial charge in [-0.15, -0.1) is 0 Å². The average Bonchev–Trinajstić information content (AvgIpc) is 2.56. The van der Waals surface area contributed by atoms with Gasteiger partial charge in [-0.1, -0.05) is 25.7 Å². The number of aryl methyl sites for hydroxylation is 1. The van der Waals surface area contributed by atoms with Gasteiger partial charge in [0.1, 0.15) is 0 Å². The highest BCUT2D eigenvalue weighted by atomic mass is 16.3. The van der Waals surface area contributed by atoms with E-state index in [2.05, 4.69) is 17.3 Å². The smallest absolute Gasteiger partial charge is 0.0771 e. The van der Waals surface area contributed by atoms with Crippen molar-refractivity contribution in [1.29, 1.82) is 0 Å². The minimum atomic E-state index is -0.493. The number of aliphatic hydroxyl groups is 1. The van der Waals surface area contributed by atoms with Gasteiger partial charge in [-0.05, 0) is 19.8 Å². The van der Waals surface area contributed by atoms with Gasteiger partial charge in [0.05, 0.1) is 11.8 Å². The van der Waals surface area contributed by atoms with Crippen molar-refractivity contribution in [2.45, 2.75) is 57.6 Å². The van der Waals surface area contributed by atoms with Crippen LogP contribution in [-0.4, -0.2) is 27.0 Å². The summed E-state index contributed by atoms with van der Waals surface area (Å²) in [6.45, 7) is 3.56. The highest BCUT2D eigenvalue weighted by Crippen LogP contribution is 2.26. The number of hydrogen-bond acceptors (Lipinski definition) is 3. The SMILES string of the molecule is Cc1c(CNCC2(O)CCCCCC2)cnn1C. The Labute approximate surface area is 109 Å². The summed E-state index contributed by atoms with van der Waals surface area (Å²) in [6, 6.07) is 0. The number of aromatic nitrogens is 2. The van der Waals surface area contributed by atoms with Crippen LogP contribution in [-0.2, 0) is 13.6 Å². The van der Waals surface area contributed by atoms with Gasteiger partial charge in [-0.3, -0.25) is 4.68 Å². The minimum absolute atomic E-state index is 0.493. The van der Waals surface area contributed by atoms with E-state index in [4.69, 9.17) is 0 Å². The van der Waals surface area contributed by atoms with Crippen LogP contribution in [0.25, 0.3) is 0 Å². The van der Waals surface area contributed by atoms with Gasteiger partial charge < -0.3 is 10.4 Å². The van der Waals surface area contributed by atoms with Crippen LogP contribution in [0.4, 0.5) is 0 Å². The molecule has 0 atom stereocenters. The molecule has 18 heavy (non-hydrogen) atoms. The van der Waals surface area contributed by atoms with E-state index in [0.29, 0.717) is 6.54 Å². The van der Waals surface area contributed by atoms with Crippen LogP contribution >= 0.6 is 0 Å². The lowest BCUT2D eigenvalue weighted by Gasteiger charge is -2.26. The summed E-state index contributed by atoms with van der Waals surface area (Å²) in [7, 11) is 1.96. The van der Waals surface area contributed by atoms with Crippen LogP contribution in [0.5, 0.6) is 0 Å². The fourth-order valence-corrected chi connectivity index (χ4v) is 2.71. The molecule has 1 aromatic heterocycles. The molecular formula is C14H25N3O. The molecule has 1 aromatic rings. The largest absolute Gasteiger partial charge is 0.389 e. The van der Waals surface area contributed by atoms with E-state index in [1.807, 2.05) is 17.9 Å². The summed E-state index contributed by atoms with van der Waals surface area (Å²) >= 11 is 0. The third-order valence-corrected chi connectivity index (χ3v) is 4.14. The fraction of sp³-hybridized carbons (Fsp3) is 0.786. The first-order valence-electron chi connectivity index (χ1n) is 7.01. The fourth-order valence-electron chi connectivity index (χ4n) is 2.71. The first-order valence-corrected chi connectivity index (χ1v) is 7.01. The Morgan fingerprint density at radius 3 is 2.56 bits per heavy atom. The van der Waals surface area contributed by atoms with E-state index in [-0.39, 0.29) is 0 Å². The normalized spacial score (nSPS) is 19.7. The average molecular weight is 251 g/mol. The van der Waals surface area contributed by atoms with Gasteiger partial charge in [-0.25, -0.2) is 0 Å². The second-order valence-electron chi connectivity index (χ2n) is 5.62. The lowest BCUT2D eigenvalue weighted by molar-refractivity contribution is 0.0250. The molecule has 2 rings (SSSR count). The van der Waals surface area contributed by atoms with E-state index in [1.54, 1.807) is 0 Å². The zero-order valence-corrected chi connectivity index (χ0v) is 11.6. The van der Waals surface area contributed by atoms with E-state index in [9.17, 15) is 5.11 Å². The molecule has 0 aliphatic heterocycles. The molecular weight excluding hydrogens is 226 g/mol. The number of rotatable bonds is 4. The molecule has 1 aliphatic carbocycles. The second kappa shape index (κ2) is 5.85. The van der Waals surface area contributed by atoms with Gasteiger partial charge >= 0.3 is 0 Å². The van der Waals surface area contributed by atoms with Crippen molar-refractivity contribution < 1.29 is 5.11 Å². The van der Waals surface area contributed by atoms with E-state index >= 15 is 0 Å². The number of nitrogens with one attached hydrogen (secondary N) is 1. The van der Waals surface area contributed by atoms with E-state index in [0.717, 1.165) is 32.2 Å². The van der Waals surface area contributed by atoms with Crippen molar-refractivity contribution in [2.75, 3.05) is 6.54 Å². The minimum Gasteiger partial charge on any atom is -0.389 e. The molecule has 4 heteroatoms. The highest BCUT2D eigenvalue weighted by molar-refractivity contribution is 5.15. The molecule has 102 valence electrons. The van der Waals surface area contributed by atoms with Crippen molar-refractivity contribution in [3.05, 3.63) is 17.5 Å². The molecule has 1 fully saturated rings. The lowest BCUT2D eigenvalue weighted by Crippen LogP contribution is -2.39. The third kappa shape index (κ3) is 3.33.